The average molecular weight is 199 g/mol. The Labute approximate surface area is 88.1 Å². The van der Waals surface area contributed by atoms with E-state index in [2.05, 4.69) is 33.0 Å². The molecule has 1 fully saturated rings. The Kier molecular flexibility index (Phi) is 3.96. The van der Waals surface area contributed by atoms with Crippen LogP contribution in [0.3, 0.4) is 0 Å². The molecule has 3 unspecified atom stereocenters. The van der Waals surface area contributed by atoms with Crippen molar-refractivity contribution in [2.75, 3.05) is 6.54 Å². The molecule has 0 saturated heterocycles. The van der Waals surface area contributed by atoms with Crippen LogP contribution in [0.2, 0.25) is 0 Å². The first-order chi connectivity index (χ1) is 6.46. The van der Waals surface area contributed by atoms with Gasteiger partial charge in [0.1, 0.15) is 0 Å². The molecule has 0 aliphatic heterocycles. The highest BCUT2D eigenvalue weighted by Gasteiger charge is 2.39. The van der Waals surface area contributed by atoms with Crippen LogP contribution in [-0.2, 0) is 0 Å². The van der Waals surface area contributed by atoms with Gasteiger partial charge in [-0.15, -0.1) is 0 Å². The van der Waals surface area contributed by atoms with Crippen LogP contribution in [0.25, 0.3) is 0 Å². The lowest BCUT2D eigenvalue weighted by molar-refractivity contribution is -0.0617. The lowest BCUT2D eigenvalue weighted by Gasteiger charge is -2.42. The third-order valence-electron chi connectivity index (χ3n) is 3.79. The molecule has 2 nitrogen and oxygen atoms in total. The Morgan fingerprint density at radius 2 is 2.07 bits per heavy atom. The largest absolute Gasteiger partial charge is 0.388 e. The highest BCUT2D eigenvalue weighted by Crippen LogP contribution is 2.37. The van der Waals surface area contributed by atoms with Gasteiger partial charge in [0.2, 0.25) is 0 Å². The van der Waals surface area contributed by atoms with Crippen LogP contribution in [0.4, 0.5) is 0 Å². The molecule has 1 aliphatic carbocycles. The molecule has 3 atom stereocenters. The van der Waals surface area contributed by atoms with Gasteiger partial charge < -0.3 is 10.4 Å². The monoisotopic (exact) mass is 199 g/mol. The predicted octanol–water partition coefficient (Wildman–Crippen LogP) is 2.17. The van der Waals surface area contributed by atoms with Crippen molar-refractivity contribution < 1.29 is 5.11 Å². The molecule has 14 heavy (non-hydrogen) atoms. The van der Waals surface area contributed by atoms with E-state index in [4.69, 9.17) is 0 Å². The van der Waals surface area contributed by atoms with E-state index in [0.29, 0.717) is 17.9 Å². The molecule has 0 heterocycles. The molecule has 0 spiro atoms. The summed E-state index contributed by atoms with van der Waals surface area (Å²) >= 11 is 0. The smallest absolute Gasteiger partial charge is 0.0799 e. The first-order valence-electron chi connectivity index (χ1n) is 5.91. The molecule has 1 rings (SSSR count). The highest BCUT2D eigenvalue weighted by atomic mass is 16.3. The van der Waals surface area contributed by atoms with E-state index in [-0.39, 0.29) is 0 Å². The van der Waals surface area contributed by atoms with Crippen LogP contribution in [0.15, 0.2) is 0 Å². The molecule has 0 radical (unpaired) electrons. The van der Waals surface area contributed by atoms with Gasteiger partial charge in [0.05, 0.1) is 5.60 Å². The predicted molar refractivity (Wildman–Crippen MR) is 60.3 cm³/mol. The Morgan fingerprint density at radius 3 is 2.64 bits per heavy atom. The summed E-state index contributed by atoms with van der Waals surface area (Å²) in [5, 5.41) is 13.9. The molecule has 0 amide bonds. The zero-order valence-electron chi connectivity index (χ0n) is 10.0. The second kappa shape index (κ2) is 4.63. The second-order valence-electron chi connectivity index (χ2n) is 5.30. The molecule has 1 saturated carbocycles. The van der Waals surface area contributed by atoms with Gasteiger partial charge in [-0.3, -0.25) is 0 Å². The van der Waals surface area contributed by atoms with E-state index < -0.39 is 5.60 Å². The van der Waals surface area contributed by atoms with Gasteiger partial charge in [-0.1, -0.05) is 40.5 Å². The lowest BCUT2D eigenvalue weighted by atomic mass is 9.70. The summed E-state index contributed by atoms with van der Waals surface area (Å²) in [7, 11) is 0. The van der Waals surface area contributed by atoms with Crippen LogP contribution in [0.1, 0.15) is 47.0 Å². The minimum Gasteiger partial charge on any atom is -0.388 e. The van der Waals surface area contributed by atoms with Crippen LogP contribution in [0, 0.1) is 11.8 Å². The fourth-order valence-corrected chi connectivity index (χ4v) is 2.37. The van der Waals surface area contributed by atoms with Crippen molar-refractivity contribution in [1.82, 2.24) is 5.32 Å². The minimum atomic E-state index is -0.470. The number of aliphatic hydroxyl groups is 1. The zero-order valence-corrected chi connectivity index (χ0v) is 10.0. The average Bonchev–Trinajstić information content (AvgIpc) is 2.11. The van der Waals surface area contributed by atoms with Crippen LogP contribution in [0.5, 0.6) is 0 Å². The molecule has 84 valence electrons. The van der Waals surface area contributed by atoms with E-state index in [1.165, 1.54) is 12.8 Å². The van der Waals surface area contributed by atoms with Gasteiger partial charge in [-0.05, 0) is 18.3 Å². The fraction of sp³-hybridized carbons (Fsp3) is 1.00. The van der Waals surface area contributed by atoms with Crippen molar-refractivity contribution in [3.05, 3.63) is 0 Å². The van der Waals surface area contributed by atoms with Crippen molar-refractivity contribution in [3.8, 4) is 0 Å². The Bertz CT molecular complexity index is 181. The van der Waals surface area contributed by atoms with Gasteiger partial charge in [0, 0.05) is 12.6 Å². The third-order valence-corrected chi connectivity index (χ3v) is 3.79. The molecule has 0 aromatic heterocycles. The van der Waals surface area contributed by atoms with E-state index in [1.54, 1.807) is 0 Å². The Balaban J connectivity index is 2.52. The molecular formula is C12H25NO. The van der Waals surface area contributed by atoms with Crippen molar-refractivity contribution in [3.63, 3.8) is 0 Å². The molecule has 1 aliphatic rings. The third kappa shape index (κ3) is 2.71. The Hall–Kier alpha value is -0.0800. The van der Waals surface area contributed by atoms with Crippen molar-refractivity contribution >= 4 is 0 Å². The van der Waals surface area contributed by atoms with E-state index in [1.807, 2.05) is 0 Å². The first-order valence-corrected chi connectivity index (χ1v) is 5.91. The summed E-state index contributed by atoms with van der Waals surface area (Å²) in [5.41, 5.74) is -0.470. The Morgan fingerprint density at radius 1 is 1.43 bits per heavy atom. The molecule has 2 heteroatoms. The summed E-state index contributed by atoms with van der Waals surface area (Å²) in [4.78, 5) is 0. The minimum absolute atomic E-state index is 0.419. The summed E-state index contributed by atoms with van der Waals surface area (Å²) in [6, 6.07) is 0.462. The van der Waals surface area contributed by atoms with Crippen LogP contribution < -0.4 is 5.32 Å². The summed E-state index contributed by atoms with van der Waals surface area (Å²) in [6.45, 7) is 9.44. The second-order valence-corrected chi connectivity index (χ2v) is 5.30. The summed E-state index contributed by atoms with van der Waals surface area (Å²) < 4.78 is 0. The number of rotatable bonds is 3. The number of nitrogens with one attached hydrogen (secondary N) is 1. The van der Waals surface area contributed by atoms with Crippen molar-refractivity contribution in [1.29, 1.82) is 0 Å². The van der Waals surface area contributed by atoms with E-state index >= 15 is 0 Å². The van der Waals surface area contributed by atoms with E-state index in [0.717, 1.165) is 13.0 Å². The standard InChI is InChI=1S/C12H25NO/c1-9(2)13-8-12(14)7-5-6-10(3)11(12)4/h9-11,13-14H,5-8H2,1-4H3. The van der Waals surface area contributed by atoms with Gasteiger partial charge in [-0.25, -0.2) is 0 Å². The van der Waals surface area contributed by atoms with Gasteiger partial charge in [0.15, 0.2) is 0 Å². The van der Waals surface area contributed by atoms with Crippen molar-refractivity contribution in [2.24, 2.45) is 11.8 Å². The van der Waals surface area contributed by atoms with Crippen LogP contribution in [-0.4, -0.2) is 23.3 Å². The van der Waals surface area contributed by atoms with Gasteiger partial charge in [0.25, 0.3) is 0 Å². The summed E-state index contributed by atoms with van der Waals surface area (Å²) in [5.74, 6) is 1.07. The maximum absolute atomic E-state index is 10.5. The SMILES string of the molecule is CC(C)NCC1(O)CCCC(C)C1C. The molecule has 0 aromatic rings. The summed E-state index contributed by atoms with van der Waals surface area (Å²) in [6.07, 6.45) is 3.39. The lowest BCUT2D eigenvalue weighted by Crippen LogP contribution is -2.51. The maximum Gasteiger partial charge on any atom is 0.0799 e. The molecule has 0 bridgehead atoms. The number of hydrogen-bond acceptors (Lipinski definition) is 2. The zero-order chi connectivity index (χ0) is 10.8. The van der Waals surface area contributed by atoms with Crippen LogP contribution >= 0.6 is 0 Å². The normalized spacial score (nSPS) is 39.0. The molecule has 2 N–H and O–H groups in total. The van der Waals surface area contributed by atoms with Crippen molar-refractivity contribution in [2.45, 2.75) is 58.6 Å². The van der Waals surface area contributed by atoms with E-state index in [9.17, 15) is 5.11 Å². The maximum atomic E-state index is 10.5. The number of hydrogen-bond donors (Lipinski definition) is 2. The molecular weight excluding hydrogens is 174 g/mol. The van der Waals surface area contributed by atoms with Gasteiger partial charge >= 0.3 is 0 Å². The fourth-order valence-electron chi connectivity index (χ4n) is 2.37. The first kappa shape index (κ1) is 12.0. The quantitative estimate of drug-likeness (QED) is 0.730. The molecule has 0 aromatic carbocycles. The topological polar surface area (TPSA) is 32.3 Å². The van der Waals surface area contributed by atoms with Gasteiger partial charge in [-0.2, -0.15) is 0 Å². The highest BCUT2D eigenvalue weighted by molar-refractivity contribution is 4.92.